The normalized spacial score (nSPS) is 18.8. The molecule has 2 aromatic rings. The van der Waals surface area contributed by atoms with Crippen molar-refractivity contribution < 1.29 is 17.6 Å². The Morgan fingerprint density at radius 2 is 2.00 bits per heavy atom. The number of carbonyl (C=O) groups is 1. The summed E-state index contributed by atoms with van der Waals surface area (Å²) in [6.45, 7) is 2.78. The number of hydrogen-bond acceptors (Lipinski definition) is 4. The summed E-state index contributed by atoms with van der Waals surface area (Å²) < 4.78 is 32.3. The van der Waals surface area contributed by atoms with Gasteiger partial charge in [-0.1, -0.05) is 6.42 Å². The molecule has 3 rings (SSSR count). The number of nitrogens with zero attached hydrogens (tertiary/aromatic N) is 1. The highest BCUT2D eigenvalue weighted by Crippen LogP contribution is 2.25. The lowest BCUT2D eigenvalue weighted by molar-refractivity contribution is 0.0948. The average Bonchev–Trinajstić information content (AvgIpc) is 3.13. The summed E-state index contributed by atoms with van der Waals surface area (Å²) in [6.07, 6.45) is 4.37. The first-order chi connectivity index (χ1) is 12.0. The molecule has 0 spiro atoms. The number of amides is 1. The fourth-order valence-corrected chi connectivity index (χ4v) is 4.72. The molecule has 7 heteroatoms. The molecule has 1 aromatic carbocycles. The Balaban J connectivity index is 1.69. The maximum Gasteiger partial charge on any atom is 0.251 e. The molecule has 1 atom stereocenters. The number of hydrogen-bond donors (Lipinski definition) is 1. The van der Waals surface area contributed by atoms with E-state index in [2.05, 4.69) is 5.32 Å². The average molecular weight is 362 g/mol. The molecule has 0 radical (unpaired) electrons. The Labute approximate surface area is 147 Å². The molecule has 1 saturated heterocycles. The molecule has 1 fully saturated rings. The number of sulfonamides is 1. The van der Waals surface area contributed by atoms with Gasteiger partial charge in [0, 0.05) is 18.2 Å². The predicted molar refractivity (Wildman–Crippen MR) is 93.5 cm³/mol. The highest BCUT2D eigenvalue weighted by atomic mass is 32.2. The molecule has 0 unspecified atom stereocenters. The van der Waals surface area contributed by atoms with E-state index in [0.29, 0.717) is 17.9 Å². The van der Waals surface area contributed by atoms with Gasteiger partial charge in [0.05, 0.1) is 17.7 Å². The van der Waals surface area contributed by atoms with E-state index in [4.69, 9.17) is 4.42 Å². The van der Waals surface area contributed by atoms with Crippen LogP contribution in [0.3, 0.4) is 0 Å². The highest BCUT2D eigenvalue weighted by molar-refractivity contribution is 7.89. The molecule has 1 aliphatic rings. The molecule has 1 aromatic heterocycles. The van der Waals surface area contributed by atoms with Gasteiger partial charge < -0.3 is 9.73 Å². The van der Waals surface area contributed by atoms with Crippen LogP contribution in [0.2, 0.25) is 0 Å². The van der Waals surface area contributed by atoms with Crippen molar-refractivity contribution in [3.8, 4) is 0 Å². The lowest BCUT2D eigenvalue weighted by atomic mass is 10.1. The summed E-state index contributed by atoms with van der Waals surface area (Å²) in [5, 5.41) is 2.74. The monoisotopic (exact) mass is 362 g/mol. The summed E-state index contributed by atoms with van der Waals surface area (Å²) >= 11 is 0. The number of nitrogens with one attached hydrogen (secondary N) is 1. The van der Waals surface area contributed by atoms with E-state index in [-0.39, 0.29) is 23.4 Å². The Bertz CT molecular complexity index is 813. The molecule has 2 heterocycles. The van der Waals surface area contributed by atoms with Crippen LogP contribution in [0, 0.1) is 0 Å². The highest BCUT2D eigenvalue weighted by Gasteiger charge is 2.30. The maximum absolute atomic E-state index is 12.8. The third-order valence-electron chi connectivity index (χ3n) is 4.47. The molecular weight excluding hydrogens is 340 g/mol. The van der Waals surface area contributed by atoms with Crippen molar-refractivity contribution >= 4 is 15.9 Å². The van der Waals surface area contributed by atoms with Gasteiger partial charge in [-0.15, -0.1) is 0 Å². The second-order valence-corrected chi connectivity index (χ2v) is 8.14. The van der Waals surface area contributed by atoms with Crippen LogP contribution in [0.15, 0.2) is 52.0 Å². The molecule has 25 heavy (non-hydrogen) atoms. The minimum atomic E-state index is -3.51. The second-order valence-electron chi connectivity index (χ2n) is 6.25. The van der Waals surface area contributed by atoms with Gasteiger partial charge in [0.15, 0.2) is 0 Å². The SMILES string of the molecule is C[C@H]1CCCCN1S(=O)(=O)c1ccc(C(=O)NCc2ccco2)cc1. The molecular formula is C18H22N2O4S. The molecule has 0 saturated carbocycles. The Kier molecular flexibility index (Phi) is 5.24. The van der Waals surface area contributed by atoms with Crippen LogP contribution in [0.1, 0.15) is 42.3 Å². The van der Waals surface area contributed by atoms with Crippen molar-refractivity contribution in [3.05, 3.63) is 54.0 Å². The summed E-state index contributed by atoms with van der Waals surface area (Å²) in [7, 11) is -3.51. The van der Waals surface area contributed by atoms with Crippen molar-refractivity contribution in [2.24, 2.45) is 0 Å². The van der Waals surface area contributed by atoms with E-state index in [1.165, 1.54) is 12.1 Å². The van der Waals surface area contributed by atoms with E-state index >= 15 is 0 Å². The lowest BCUT2D eigenvalue weighted by Crippen LogP contribution is -2.41. The van der Waals surface area contributed by atoms with Crippen molar-refractivity contribution in [2.75, 3.05) is 6.54 Å². The number of rotatable bonds is 5. The van der Waals surface area contributed by atoms with Crippen LogP contribution >= 0.6 is 0 Å². The number of piperidine rings is 1. The molecule has 6 nitrogen and oxygen atoms in total. The van der Waals surface area contributed by atoms with Crippen LogP contribution in [0.25, 0.3) is 0 Å². The van der Waals surface area contributed by atoms with Crippen molar-refractivity contribution in [3.63, 3.8) is 0 Å². The third-order valence-corrected chi connectivity index (χ3v) is 6.50. The Morgan fingerprint density at radius 1 is 1.24 bits per heavy atom. The van der Waals surface area contributed by atoms with Crippen LogP contribution < -0.4 is 5.32 Å². The van der Waals surface area contributed by atoms with Gasteiger partial charge in [-0.3, -0.25) is 4.79 Å². The topological polar surface area (TPSA) is 79.6 Å². The van der Waals surface area contributed by atoms with Gasteiger partial charge in [-0.2, -0.15) is 4.31 Å². The van der Waals surface area contributed by atoms with E-state index < -0.39 is 10.0 Å². The minimum Gasteiger partial charge on any atom is -0.467 e. The predicted octanol–water partition coefficient (Wildman–Crippen LogP) is 2.77. The summed E-state index contributed by atoms with van der Waals surface area (Å²) in [5.74, 6) is 0.387. The van der Waals surface area contributed by atoms with Gasteiger partial charge >= 0.3 is 0 Å². The smallest absolute Gasteiger partial charge is 0.251 e. The van der Waals surface area contributed by atoms with Gasteiger partial charge in [0.1, 0.15) is 5.76 Å². The standard InChI is InChI=1S/C18H22N2O4S/c1-14-5-2-3-11-20(14)25(22,23)17-9-7-15(8-10-17)18(21)19-13-16-6-4-12-24-16/h4,6-10,12,14H,2-3,5,11,13H2,1H3,(H,19,21)/t14-/m0/s1. The van der Waals surface area contributed by atoms with Gasteiger partial charge in [0.2, 0.25) is 10.0 Å². The van der Waals surface area contributed by atoms with Gasteiger partial charge in [-0.05, 0) is 56.2 Å². The first-order valence-electron chi connectivity index (χ1n) is 8.41. The second kappa shape index (κ2) is 7.41. The molecule has 1 N–H and O–H groups in total. The quantitative estimate of drug-likeness (QED) is 0.887. The lowest BCUT2D eigenvalue weighted by Gasteiger charge is -2.32. The zero-order chi connectivity index (χ0) is 17.9. The Morgan fingerprint density at radius 3 is 2.64 bits per heavy atom. The fourth-order valence-electron chi connectivity index (χ4n) is 3.03. The van der Waals surface area contributed by atoms with Crippen LogP contribution in [0.5, 0.6) is 0 Å². The zero-order valence-electron chi connectivity index (χ0n) is 14.1. The molecule has 0 bridgehead atoms. The Hall–Kier alpha value is -2.12. The van der Waals surface area contributed by atoms with E-state index in [0.717, 1.165) is 19.3 Å². The van der Waals surface area contributed by atoms with Crippen LogP contribution in [-0.4, -0.2) is 31.2 Å². The van der Waals surface area contributed by atoms with Crippen LogP contribution in [-0.2, 0) is 16.6 Å². The molecule has 0 aliphatic carbocycles. The van der Waals surface area contributed by atoms with Gasteiger partial charge in [0.25, 0.3) is 5.91 Å². The van der Waals surface area contributed by atoms with Crippen LogP contribution in [0.4, 0.5) is 0 Å². The van der Waals surface area contributed by atoms with Crippen molar-refractivity contribution in [1.82, 2.24) is 9.62 Å². The van der Waals surface area contributed by atoms with Crippen molar-refractivity contribution in [2.45, 2.75) is 43.7 Å². The van der Waals surface area contributed by atoms with Gasteiger partial charge in [-0.25, -0.2) is 8.42 Å². The minimum absolute atomic E-state index is 0.00928. The number of furan rings is 1. The first kappa shape index (κ1) is 17.7. The van der Waals surface area contributed by atoms with E-state index in [1.807, 2.05) is 6.92 Å². The molecule has 1 aliphatic heterocycles. The van der Waals surface area contributed by atoms with Crippen molar-refractivity contribution in [1.29, 1.82) is 0 Å². The fraction of sp³-hybridized carbons (Fsp3) is 0.389. The largest absolute Gasteiger partial charge is 0.467 e. The maximum atomic E-state index is 12.8. The number of benzene rings is 1. The zero-order valence-corrected chi connectivity index (χ0v) is 15.0. The summed E-state index contributed by atoms with van der Waals surface area (Å²) in [6, 6.07) is 9.61. The number of carbonyl (C=O) groups excluding carboxylic acids is 1. The molecule has 1 amide bonds. The summed E-state index contributed by atoms with van der Waals surface area (Å²) in [4.78, 5) is 12.4. The molecule has 134 valence electrons. The third kappa shape index (κ3) is 3.93. The van der Waals surface area contributed by atoms with E-state index in [9.17, 15) is 13.2 Å². The van der Waals surface area contributed by atoms with E-state index in [1.54, 1.807) is 34.8 Å². The summed E-state index contributed by atoms with van der Waals surface area (Å²) in [5.41, 5.74) is 0.414. The first-order valence-corrected chi connectivity index (χ1v) is 9.85.